The molecule has 22 heavy (non-hydrogen) atoms. The van der Waals surface area contributed by atoms with Gasteiger partial charge in [0.05, 0.1) is 0 Å². The van der Waals surface area contributed by atoms with E-state index in [0.717, 1.165) is 5.75 Å². The molecule has 2 aromatic carbocycles. The van der Waals surface area contributed by atoms with E-state index in [0.29, 0.717) is 11.8 Å². The summed E-state index contributed by atoms with van der Waals surface area (Å²) in [7, 11) is 0. The maximum atomic E-state index is 6.61. The van der Waals surface area contributed by atoms with Gasteiger partial charge >= 0.3 is 0 Å². The van der Waals surface area contributed by atoms with Crippen LogP contribution >= 0.6 is 0 Å². The van der Waals surface area contributed by atoms with Crippen LogP contribution in [0.2, 0.25) is 0 Å². The van der Waals surface area contributed by atoms with Crippen molar-refractivity contribution in [3.63, 3.8) is 0 Å². The molecule has 0 saturated heterocycles. The van der Waals surface area contributed by atoms with Crippen LogP contribution in [-0.2, 0) is 0 Å². The van der Waals surface area contributed by atoms with Crippen molar-refractivity contribution in [2.75, 3.05) is 0 Å². The lowest BCUT2D eigenvalue weighted by Crippen LogP contribution is -2.40. The average Bonchev–Trinajstić information content (AvgIpc) is 3.06. The number of allylic oxidation sites excluding steroid dienone is 1. The third-order valence-corrected chi connectivity index (χ3v) is 5.76. The quantitative estimate of drug-likeness (QED) is 0.655. The maximum absolute atomic E-state index is 6.61. The number of rotatable bonds is 1. The molecule has 1 nitrogen and oxygen atoms in total. The molecule has 2 aliphatic carbocycles. The number of hydrogen-bond acceptors (Lipinski definition) is 1. The first-order chi connectivity index (χ1) is 10.9. The highest BCUT2D eigenvalue weighted by molar-refractivity contribution is 5.55. The van der Waals surface area contributed by atoms with Gasteiger partial charge in [-0.05, 0) is 42.9 Å². The summed E-state index contributed by atoms with van der Waals surface area (Å²) in [5, 5.41) is 0. The molecule has 0 radical (unpaired) electrons. The molecule has 0 N–H and O–H groups in total. The first-order valence-corrected chi connectivity index (χ1v) is 8.42. The van der Waals surface area contributed by atoms with Gasteiger partial charge in [0.1, 0.15) is 11.4 Å². The monoisotopic (exact) mass is 288 g/mol. The molecule has 3 aliphatic rings. The lowest BCUT2D eigenvalue weighted by molar-refractivity contribution is 0.0857. The molecular weight excluding hydrogens is 268 g/mol. The summed E-state index contributed by atoms with van der Waals surface area (Å²) in [6.45, 7) is 0. The van der Waals surface area contributed by atoms with E-state index in [4.69, 9.17) is 4.74 Å². The standard InChI is InChI=1S/C21H20O/c1-2-8-15(9-3-1)18-14-16-10-6-7-13-21(16)20(18)17-11-4-5-12-19(17)22-21/h1-5,8-9,11-12,14,18,20H,6-7,10,13H2/t18-,20?,21+/m0/s1. The molecular formula is C21H20O. The molecule has 0 amide bonds. The van der Waals surface area contributed by atoms with Crippen LogP contribution in [0, 0.1) is 0 Å². The summed E-state index contributed by atoms with van der Waals surface area (Å²) in [5.74, 6) is 2.03. The van der Waals surface area contributed by atoms with Gasteiger partial charge < -0.3 is 4.74 Å². The van der Waals surface area contributed by atoms with E-state index in [1.165, 1.54) is 36.8 Å². The van der Waals surface area contributed by atoms with Crippen molar-refractivity contribution in [1.29, 1.82) is 0 Å². The Kier molecular flexibility index (Phi) is 2.55. The van der Waals surface area contributed by atoms with Crippen LogP contribution in [-0.4, -0.2) is 5.60 Å². The molecule has 1 saturated carbocycles. The van der Waals surface area contributed by atoms with Gasteiger partial charge in [-0.3, -0.25) is 0 Å². The minimum absolute atomic E-state index is 0.0531. The van der Waals surface area contributed by atoms with E-state index in [9.17, 15) is 0 Å². The van der Waals surface area contributed by atoms with E-state index >= 15 is 0 Å². The highest BCUT2D eigenvalue weighted by atomic mass is 16.5. The fourth-order valence-electron chi connectivity index (χ4n) is 4.87. The number of benzene rings is 2. The van der Waals surface area contributed by atoms with Crippen molar-refractivity contribution in [2.24, 2.45) is 0 Å². The Balaban J connectivity index is 1.70. The van der Waals surface area contributed by atoms with Gasteiger partial charge in [0.2, 0.25) is 0 Å². The Labute approximate surface area is 131 Å². The summed E-state index contributed by atoms with van der Waals surface area (Å²) in [6.07, 6.45) is 7.48. The first-order valence-electron chi connectivity index (χ1n) is 8.42. The van der Waals surface area contributed by atoms with E-state index in [2.05, 4.69) is 60.7 Å². The van der Waals surface area contributed by atoms with Crippen molar-refractivity contribution in [2.45, 2.75) is 43.1 Å². The van der Waals surface area contributed by atoms with Gasteiger partial charge in [-0.2, -0.15) is 0 Å². The van der Waals surface area contributed by atoms with Crippen LogP contribution in [0.4, 0.5) is 0 Å². The first kappa shape index (κ1) is 12.5. The third kappa shape index (κ3) is 1.54. The summed E-state index contributed by atoms with van der Waals surface area (Å²) in [6, 6.07) is 19.6. The number of fused-ring (bicyclic) bond motifs is 2. The number of ether oxygens (including phenoxy) is 1. The van der Waals surface area contributed by atoms with Crippen molar-refractivity contribution < 1.29 is 4.74 Å². The second-order valence-electron chi connectivity index (χ2n) is 6.84. The van der Waals surface area contributed by atoms with E-state index in [1.807, 2.05) is 0 Å². The van der Waals surface area contributed by atoms with Crippen molar-refractivity contribution in [3.8, 4) is 5.75 Å². The predicted molar refractivity (Wildman–Crippen MR) is 88.3 cm³/mol. The van der Waals surface area contributed by atoms with Crippen LogP contribution in [0.3, 0.4) is 0 Å². The Morgan fingerprint density at radius 1 is 0.909 bits per heavy atom. The highest BCUT2D eigenvalue weighted by Gasteiger charge is 2.57. The lowest BCUT2D eigenvalue weighted by Gasteiger charge is -2.37. The molecule has 0 aromatic heterocycles. The molecule has 1 aliphatic heterocycles. The average molecular weight is 288 g/mol. The van der Waals surface area contributed by atoms with Crippen molar-refractivity contribution in [1.82, 2.24) is 0 Å². The zero-order valence-electron chi connectivity index (χ0n) is 12.7. The molecule has 0 bridgehead atoms. The Morgan fingerprint density at radius 2 is 1.73 bits per heavy atom. The minimum atomic E-state index is -0.0531. The van der Waals surface area contributed by atoms with Crippen molar-refractivity contribution >= 4 is 0 Å². The Morgan fingerprint density at radius 3 is 2.64 bits per heavy atom. The van der Waals surface area contributed by atoms with Gasteiger partial charge in [-0.15, -0.1) is 0 Å². The predicted octanol–water partition coefficient (Wildman–Crippen LogP) is 5.20. The van der Waals surface area contributed by atoms with Crippen LogP contribution in [0.25, 0.3) is 0 Å². The molecule has 110 valence electrons. The maximum Gasteiger partial charge on any atom is 0.138 e. The van der Waals surface area contributed by atoms with Gasteiger partial charge in [0.25, 0.3) is 0 Å². The highest BCUT2D eigenvalue weighted by Crippen LogP contribution is 2.62. The Hall–Kier alpha value is -2.02. The van der Waals surface area contributed by atoms with E-state index in [-0.39, 0.29) is 5.60 Å². The van der Waals surface area contributed by atoms with Crippen LogP contribution in [0.1, 0.15) is 48.6 Å². The van der Waals surface area contributed by atoms with Gasteiger partial charge in [-0.1, -0.05) is 54.6 Å². The second kappa shape index (κ2) is 4.49. The van der Waals surface area contributed by atoms with Crippen LogP contribution in [0.5, 0.6) is 5.75 Å². The minimum Gasteiger partial charge on any atom is -0.482 e. The fourth-order valence-corrected chi connectivity index (χ4v) is 4.87. The number of para-hydroxylation sites is 1. The normalized spacial score (nSPS) is 31.7. The van der Waals surface area contributed by atoms with Gasteiger partial charge in [0.15, 0.2) is 0 Å². The summed E-state index contributed by atoms with van der Waals surface area (Å²) in [4.78, 5) is 0. The zero-order valence-corrected chi connectivity index (χ0v) is 12.7. The number of hydrogen-bond donors (Lipinski definition) is 0. The molecule has 1 heterocycles. The zero-order chi connectivity index (χ0) is 14.6. The third-order valence-electron chi connectivity index (χ3n) is 5.76. The topological polar surface area (TPSA) is 9.23 Å². The fraction of sp³-hybridized carbons (Fsp3) is 0.333. The molecule has 1 heteroatoms. The lowest BCUT2D eigenvalue weighted by atomic mass is 9.72. The van der Waals surface area contributed by atoms with Gasteiger partial charge in [0, 0.05) is 17.4 Å². The van der Waals surface area contributed by atoms with Crippen LogP contribution in [0.15, 0.2) is 66.2 Å². The SMILES string of the molecule is C1=C2CCCC[C@@]23Oc2ccccc2C3[C@@H]1c1ccccc1. The summed E-state index contributed by atoms with van der Waals surface area (Å²) >= 11 is 0. The molecule has 5 rings (SSSR count). The molecule has 1 unspecified atom stereocenters. The van der Waals surface area contributed by atoms with E-state index in [1.54, 1.807) is 5.57 Å². The summed E-state index contributed by atoms with van der Waals surface area (Å²) in [5.41, 5.74) is 4.33. The Bertz CT molecular complexity index is 746. The van der Waals surface area contributed by atoms with Crippen molar-refractivity contribution in [3.05, 3.63) is 77.4 Å². The largest absolute Gasteiger partial charge is 0.482 e. The second-order valence-corrected chi connectivity index (χ2v) is 6.84. The molecule has 1 fully saturated rings. The molecule has 2 aromatic rings. The van der Waals surface area contributed by atoms with E-state index < -0.39 is 0 Å². The molecule has 1 spiro atoms. The summed E-state index contributed by atoms with van der Waals surface area (Å²) < 4.78 is 6.61. The molecule has 3 atom stereocenters. The smallest absolute Gasteiger partial charge is 0.138 e. The van der Waals surface area contributed by atoms with Gasteiger partial charge in [-0.25, -0.2) is 0 Å². The van der Waals surface area contributed by atoms with Crippen LogP contribution < -0.4 is 4.74 Å².